The maximum atomic E-state index is 13.1. The molecule has 0 spiro atoms. The molecule has 0 atom stereocenters. The predicted molar refractivity (Wildman–Crippen MR) is 105 cm³/mol. The molecule has 0 saturated heterocycles. The van der Waals surface area contributed by atoms with E-state index in [1.807, 2.05) is 0 Å². The average molecular weight is 388 g/mol. The minimum absolute atomic E-state index is 0.292. The Morgan fingerprint density at radius 2 is 1.74 bits per heavy atom. The fraction of sp³-hybridized carbons (Fsp3) is 0.368. The van der Waals surface area contributed by atoms with Crippen molar-refractivity contribution in [2.75, 3.05) is 0 Å². The van der Waals surface area contributed by atoms with Gasteiger partial charge in [-0.15, -0.1) is 11.8 Å². The summed E-state index contributed by atoms with van der Waals surface area (Å²) >= 11 is 1.39. The zero-order valence-corrected chi connectivity index (χ0v) is 16.5. The Labute approximate surface area is 160 Å². The number of nitrogens with zero attached hydrogens (tertiary/aromatic N) is 4. The lowest BCUT2D eigenvalue weighted by Crippen LogP contribution is -2.37. The summed E-state index contributed by atoms with van der Waals surface area (Å²) < 4.78 is 15.6. The van der Waals surface area contributed by atoms with Gasteiger partial charge in [-0.25, -0.2) is 19.2 Å². The van der Waals surface area contributed by atoms with Crippen LogP contribution < -0.4 is 11.2 Å². The van der Waals surface area contributed by atoms with E-state index in [4.69, 9.17) is 0 Å². The van der Waals surface area contributed by atoms with Gasteiger partial charge in [0.15, 0.2) is 5.65 Å². The second-order valence-electron chi connectivity index (χ2n) is 6.86. The van der Waals surface area contributed by atoms with Crippen molar-refractivity contribution in [3.05, 3.63) is 62.3 Å². The second kappa shape index (κ2) is 7.64. The van der Waals surface area contributed by atoms with Crippen LogP contribution in [0.2, 0.25) is 0 Å². The van der Waals surface area contributed by atoms with Gasteiger partial charge in [-0.2, -0.15) is 0 Å². The number of aryl methyl sites for hydroxylation is 1. The molecule has 0 amide bonds. The minimum Gasteiger partial charge on any atom is -0.280 e. The topological polar surface area (TPSA) is 69.8 Å². The molecular formula is C19H21FN4O2S. The average Bonchev–Trinajstić information content (AvgIpc) is 2.63. The van der Waals surface area contributed by atoms with Gasteiger partial charge in [0.25, 0.3) is 5.56 Å². The Bertz CT molecular complexity index is 1100. The van der Waals surface area contributed by atoms with Crippen LogP contribution in [0.5, 0.6) is 0 Å². The third kappa shape index (κ3) is 3.95. The van der Waals surface area contributed by atoms with Gasteiger partial charge in [0.1, 0.15) is 22.1 Å². The van der Waals surface area contributed by atoms with E-state index in [-0.39, 0.29) is 5.82 Å². The van der Waals surface area contributed by atoms with Crippen molar-refractivity contribution in [2.45, 2.75) is 31.0 Å². The number of hydrogen-bond acceptors (Lipinski definition) is 5. The Balaban J connectivity index is 2.14. The van der Waals surface area contributed by atoms with Crippen LogP contribution in [0.25, 0.3) is 11.0 Å². The van der Waals surface area contributed by atoms with Crippen molar-refractivity contribution in [1.29, 1.82) is 0 Å². The predicted octanol–water partition coefficient (Wildman–Crippen LogP) is 2.66. The van der Waals surface area contributed by atoms with E-state index in [0.717, 1.165) is 10.1 Å². The molecule has 2 heterocycles. The lowest BCUT2D eigenvalue weighted by atomic mass is 10.1. The highest BCUT2D eigenvalue weighted by Gasteiger charge is 2.18. The van der Waals surface area contributed by atoms with E-state index in [1.165, 1.54) is 35.5 Å². The summed E-state index contributed by atoms with van der Waals surface area (Å²) in [7, 11) is 3.05. The Kier molecular flexibility index (Phi) is 5.46. The van der Waals surface area contributed by atoms with Crippen LogP contribution in [0.4, 0.5) is 4.39 Å². The highest BCUT2D eigenvalue weighted by Crippen LogP contribution is 2.26. The molecule has 0 aliphatic rings. The number of hydrogen-bond donors (Lipinski definition) is 0. The fourth-order valence-corrected chi connectivity index (χ4v) is 3.75. The lowest BCUT2D eigenvalue weighted by molar-refractivity contribution is 0.613. The summed E-state index contributed by atoms with van der Waals surface area (Å²) in [4.78, 5) is 34.1. The fourth-order valence-electron chi connectivity index (χ4n) is 2.77. The summed E-state index contributed by atoms with van der Waals surface area (Å²) in [6.45, 7) is 4.11. The zero-order chi connectivity index (χ0) is 19.7. The zero-order valence-electron chi connectivity index (χ0n) is 15.7. The van der Waals surface area contributed by atoms with Crippen molar-refractivity contribution < 1.29 is 4.39 Å². The molecule has 0 bridgehead atoms. The van der Waals surface area contributed by atoms with Crippen LogP contribution in [-0.2, 0) is 26.3 Å². The van der Waals surface area contributed by atoms with Crippen molar-refractivity contribution in [3.8, 4) is 0 Å². The normalized spacial score (nSPS) is 11.5. The smallest absolute Gasteiger partial charge is 0.280 e. The summed E-state index contributed by atoms with van der Waals surface area (Å²) in [5.74, 6) is 1.17. The van der Waals surface area contributed by atoms with E-state index in [0.29, 0.717) is 40.0 Å². The monoisotopic (exact) mass is 388 g/mol. The highest BCUT2D eigenvalue weighted by molar-refractivity contribution is 7.98. The van der Waals surface area contributed by atoms with Crippen LogP contribution in [0, 0.1) is 11.7 Å². The van der Waals surface area contributed by atoms with Crippen LogP contribution in [-0.4, -0.2) is 19.1 Å². The number of rotatable bonds is 5. The van der Waals surface area contributed by atoms with Crippen LogP contribution >= 0.6 is 11.8 Å². The largest absolute Gasteiger partial charge is 0.332 e. The summed E-state index contributed by atoms with van der Waals surface area (Å²) in [6.07, 6.45) is 0.642. The maximum Gasteiger partial charge on any atom is 0.332 e. The van der Waals surface area contributed by atoms with Gasteiger partial charge in [-0.1, -0.05) is 26.0 Å². The van der Waals surface area contributed by atoms with Crippen LogP contribution in [0.15, 0.2) is 38.9 Å². The Morgan fingerprint density at radius 3 is 2.37 bits per heavy atom. The third-order valence-corrected chi connectivity index (χ3v) is 5.24. The quantitative estimate of drug-likeness (QED) is 0.496. The number of thioether (sulfide) groups is 1. The van der Waals surface area contributed by atoms with Gasteiger partial charge in [-0.3, -0.25) is 13.9 Å². The van der Waals surface area contributed by atoms with E-state index in [9.17, 15) is 14.0 Å². The summed E-state index contributed by atoms with van der Waals surface area (Å²) in [5, 5.41) is 0.871. The van der Waals surface area contributed by atoms with E-state index in [1.54, 1.807) is 19.2 Å². The molecule has 8 heteroatoms. The first kappa shape index (κ1) is 19.3. The molecule has 142 valence electrons. The molecule has 0 aliphatic carbocycles. The molecule has 0 N–H and O–H groups in total. The maximum absolute atomic E-state index is 13.1. The first-order chi connectivity index (χ1) is 12.8. The molecule has 0 fully saturated rings. The van der Waals surface area contributed by atoms with E-state index in [2.05, 4.69) is 23.8 Å². The number of fused-ring (bicyclic) bond motifs is 1. The molecule has 2 aromatic heterocycles. The molecule has 0 unspecified atom stereocenters. The van der Waals surface area contributed by atoms with Crippen molar-refractivity contribution >= 4 is 22.8 Å². The minimum atomic E-state index is -0.420. The van der Waals surface area contributed by atoms with Gasteiger partial charge in [0.2, 0.25) is 0 Å². The van der Waals surface area contributed by atoms with Gasteiger partial charge in [0.05, 0.1) is 0 Å². The highest BCUT2D eigenvalue weighted by atomic mass is 32.2. The van der Waals surface area contributed by atoms with E-state index < -0.39 is 11.2 Å². The number of aromatic nitrogens is 4. The Morgan fingerprint density at radius 1 is 1.07 bits per heavy atom. The van der Waals surface area contributed by atoms with Crippen LogP contribution in [0.3, 0.4) is 0 Å². The molecule has 0 aliphatic heterocycles. The standard InChI is InChI=1S/C19H21FN4O2S/c1-11(2)9-14-21-16-15(18(25)24(4)19(26)23(16)3)17(22-14)27-10-12-5-7-13(20)8-6-12/h5-8,11H,9-10H2,1-4H3. The molecule has 0 radical (unpaired) electrons. The van der Waals surface area contributed by atoms with Crippen molar-refractivity contribution in [1.82, 2.24) is 19.1 Å². The first-order valence-electron chi connectivity index (χ1n) is 8.61. The van der Waals surface area contributed by atoms with Gasteiger partial charge < -0.3 is 0 Å². The SMILES string of the molecule is CC(C)Cc1nc(SCc2ccc(F)cc2)c2c(=O)n(C)c(=O)n(C)c2n1. The molecule has 3 rings (SSSR count). The van der Waals surface area contributed by atoms with Crippen molar-refractivity contribution in [3.63, 3.8) is 0 Å². The molecule has 1 aromatic carbocycles. The lowest BCUT2D eigenvalue weighted by Gasteiger charge is -2.12. The van der Waals surface area contributed by atoms with Crippen LogP contribution in [0.1, 0.15) is 25.2 Å². The van der Waals surface area contributed by atoms with Gasteiger partial charge in [-0.05, 0) is 23.6 Å². The molecular weight excluding hydrogens is 367 g/mol. The number of halogens is 1. The molecule has 0 saturated carbocycles. The number of benzene rings is 1. The molecule has 3 aromatic rings. The molecule has 27 heavy (non-hydrogen) atoms. The van der Waals surface area contributed by atoms with E-state index >= 15 is 0 Å². The summed E-state index contributed by atoms with van der Waals surface area (Å²) in [6, 6.07) is 6.21. The van der Waals surface area contributed by atoms with Gasteiger partial charge >= 0.3 is 5.69 Å². The first-order valence-corrected chi connectivity index (χ1v) is 9.60. The third-order valence-electron chi connectivity index (χ3n) is 4.19. The van der Waals surface area contributed by atoms with Gasteiger partial charge in [0, 0.05) is 26.3 Å². The van der Waals surface area contributed by atoms with Crippen molar-refractivity contribution in [2.24, 2.45) is 20.0 Å². The molecule has 6 nitrogen and oxygen atoms in total. The summed E-state index contributed by atoms with van der Waals surface area (Å²) in [5.41, 5.74) is 0.428. The second-order valence-corrected chi connectivity index (χ2v) is 7.83. The Hall–Kier alpha value is -2.48.